The largest absolute Gasteiger partial charge is 0.480 e. The molecule has 3 rings (SSSR count). The maximum absolute atomic E-state index is 12.2. The van der Waals surface area contributed by atoms with E-state index in [0.29, 0.717) is 13.0 Å². The normalized spacial score (nSPS) is 13.9. The third-order valence-electron chi connectivity index (χ3n) is 6.01. The fourth-order valence-corrected chi connectivity index (χ4v) is 4.24. The van der Waals surface area contributed by atoms with E-state index in [1.54, 1.807) is 0 Å². The van der Waals surface area contributed by atoms with Gasteiger partial charge in [-0.2, -0.15) is 0 Å². The number of aliphatic carboxylic acids is 1. The van der Waals surface area contributed by atoms with E-state index in [2.05, 4.69) is 34.9 Å². The number of nitrogens with one attached hydrogen (secondary N) is 2. The number of aliphatic hydroxyl groups is 1. The van der Waals surface area contributed by atoms with E-state index < -0.39 is 30.1 Å². The molecule has 0 spiro atoms. The van der Waals surface area contributed by atoms with Crippen molar-refractivity contribution in [2.75, 3.05) is 13.2 Å². The molecule has 2 amide bonds. The number of carbonyl (C=O) groups excluding carboxylic acids is 2. The summed E-state index contributed by atoms with van der Waals surface area (Å²) in [5, 5.41) is 23.5. The number of carboxylic acid groups (broad SMARTS) is 1. The number of carboxylic acids is 1. The summed E-state index contributed by atoms with van der Waals surface area (Å²) in [6.07, 6.45) is 1.52. The second-order valence-electron chi connectivity index (χ2n) is 8.54. The smallest absolute Gasteiger partial charge is 0.407 e. The summed E-state index contributed by atoms with van der Waals surface area (Å²) < 4.78 is 5.50. The number of fused-ring (bicyclic) bond motifs is 3. The van der Waals surface area contributed by atoms with E-state index in [0.717, 1.165) is 19.3 Å². The van der Waals surface area contributed by atoms with Gasteiger partial charge in [-0.05, 0) is 42.0 Å². The number of hydrogen-bond donors (Lipinski definition) is 4. The number of unbranched alkanes of at least 4 members (excludes halogenated alkanes) is 3. The molecule has 34 heavy (non-hydrogen) atoms. The molecule has 8 nitrogen and oxygen atoms in total. The Bertz CT molecular complexity index is 961. The zero-order valence-electron chi connectivity index (χ0n) is 19.3. The highest BCUT2D eigenvalue weighted by Gasteiger charge is 2.29. The lowest BCUT2D eigenvalue weighted by Crippen LogP contribution is -2.47. The maximum Gasteiger partial charge on any atom is 0.407 e. The fraction of sp³-hybridized carbons (Fsp3) is 0.423. The third-order valence-corrected chi connectivity index (χ3v) is 6.01. The number of aliphatic hydroxyl groups excluding tert-OH is 1. The molecule has 2 atom stereocenters. The molecule has 8 heteroatoms. The van der Waals surface area contributed by atoms with Crippen LogP contribution in [0, 0.1) is 0 Å². The lowest BCUT2D eigenvalue weighted by Gasteiger charge is -2.16. The van der Waals surface area contributed by atoms with Gasteiger partial charge in [-0.15, -0.1) is 0 Å². The van der Waals surface area contributed by atoms with Crippen LogP contribution in [0.4, 0.5) is 4.79 Å². The monoisotopic (exact) mass is 468 g/mol. The van der Waals surface area contributed by atoms with Gasteiger partial charge in [-0.25, -0.2) is 9.59 Å². The van der Waals surface area contributed by atoms with Crippen molar-refractivity contribution in [3.05, 3.63) is 59.7 Å². The molecule has 1 aliphatic rings. The van der Waals surface area contributed by atoms with Crippen molar-refractivity contribution < 1.29 is 29.3 Å². The molecule has 1 aliphatic carbocycles. The van der Waals surface area contributed by atoms with Gasteiger partial charge >= 0.3 is 12.1 Å². The molecule has 2 aromatic rings. The third kappa shape index (κ3) is 6.57. The van der Waals surface area contributed by atoms with Crippen molar-refractivity contribution in [2.24, 2.45) is 0 Å². The van der Waals surface area contributed by atoms with Crippen LogP contribution in [-0.4, -0.2) is 53.5 Å². The lowest BCUT2D eigenvalue weighted by molar-refractivity contribution is -0.144. The molecule has 0 heterocycles. The number of carbonyl (C=O) groups is 3. The van der Waals surface area contributed by atoms with Crippen LogP contribution >= 0.6 is 0 Å². The molecule has 182 valence electrons. The van der Waals surface area contributed by atoms with Crippen molar-refractivity contribution in [3.8, 4) is 11.1 Å². The first-order chi connectivity index (χ1) is 16.4. The second-order valence-corrected chi connectivity index (χ2v) is 8.54. The predicted molar refractivity (Wildman–Crippen MR) is 127 cm³/mol. The molecule has 0 saturated carbocycles. The summed E-state index contributed by atoms with van der Waals surface area (Å²) >= 11 is 0. The fourth-order valence-electron chi connectivity index (χ4n) is 4.24. The molecule has 2 aromatic carbocycles. The van der Waals surface area contributed by atoms with Crippen LogP contribution < -0.4 is 10.6 Å². The second kappa shape index (κ2) is 12.2. The Morgan fingerprint density at radius 2 is 1.53 bits per heavy atom. The van der Waals surface area contributed by atoms with Gasteiger partial charge in [0.15, 0.2) is 6.04 Å². The molecular weight excluding hydrogens is 436 g/mol. The topological polar surface area (TPSA) is 125 Å². The SMILES string of the molecule is CC(O)C(NC(=O)CCCCCCNC(=O)OCC1c2ccccc2-c2ccccc21)C(=O)O. The number of rotatable bonds is 12. The van der Waals surface area contributed by atoms with Gasteiger partial charge in [-0.1, -0.05) is 61.4 Å². The highest BCUT2D eigenvalue weighted by Crippen LogP contribution is 2.44. The van der Waals surface area contributed by atoms with Gasteiger partial charge < -0.3 is 25.6 Å². The molecule has 4 N–H and O–H groups in total. The lowest BCUT2D eigenvalue weighted by atomic mass is 9.98. The minimum atomic E-state index is -1.30. The number of alkyl carbamates (subject to hydrolysis) is 1. The van der Waals surface area contributed by atoms with Crippen molar-refractivity contribution in [2.45, 2.75) is 57.1 Å². The van der Waals surface area contributed by atoms with E-state index >= 15 is 0 Å². The zero-order valence-corrected chi connectivity index (χ0v) is 19.3. The Morgan fingerprint density at radius 3 is 2.12 bits per heavy atom. The average Bonchev–Trinajstić information content (AvgIpc) is 3.14. The summed E-state index contributed by atoms with van der Waals surface area (Å²) in [6, 6.07) is 15.1. The quantitative estimate of drug-likeness (QED) is 0.354. The van der Waals surface area contributed by atoms with E-state index in [1.165, 1.54) is 29.2 Å². The molecule has 0 saturated heterocycles. The number of ether oxygens (including phenoxy) is 1. The van der Waals surface area contributed by atoms with Crippen LogP contribution in [0.25, 0.3) is 11.1 Å². The van der Waals surface area contributed by atoms with Crippen molar-refractivity contribution in [1.82, 2.24) is 10.6 Å². The number of benzene rings is 2. The first-order valence-electron chi connectivity index (χ1n) is 11.7. The molecule has 0 aliphatic heterocycles. The molecular formula is C26H32N2O6. The maximum atomic E-state index is 12.2. The first kappa shape index (κ1) is 25.2. The summed E-state index contributed by atoms with van der Waals surface area (Å²) in [5.74, 6) is -1.63. The Labute approximate surface area is 199 Å². The molecule has 0 radical (unpaired) electrons. The highest BCUT2D eigenvalue weighted by atomic mass is 16.5. The summed E-state index contributed by atoms with van der Waals surface area (Å²) in [4.78, 5) is 35.0. The Hall–Kier alpha value is -3.39. The van der Waals surface area contributed by atoms with Gasteiger partial charge in [0.2, 0.25) is 5.91 Å². The Kier molecular flexibility index (Phi) is 9.04. The summed E-state index contributed by atoms with van der Waals surface area (Å²) in [7, 11) is 0. The van der Waals surface area contributed by atoms with E-state index in [9.17, 15) is 19.5 Å². The standard InChI is InChI=1S/C26H32N2O6/c1-17(29)24(25(31)32)28-23(30)14-4-2-3-9-15-27-26(33)34-16-22-20-12-7-5-10-18(20)19-11-6-8-13-21(19)22/h5-8,10-13,17,22,24,29H,2-4,9,14-16H2,1H3,(H,27,33)(H,28,30)(H,31,32). The predicted octanol–water partition coefficient (Wildman–Crippen LogP) is 3.43. The van der Waals surface area contributed by atoms with Crippen LogP contribution in [0.3, 0.4) is 0 Å². The average molecular weight is 469 g/mol. The molecule has 2 unspecified atom stereocenters. The summed E-state index contributed by atoms with van der Waals surface area (Å²) in [5.41, 5.74) is 4.71. The number of amides is 2. The Morgan fingerprint density at radius 1 is 0.941 bits per heavy atom. The van der Waals surface area contributed by atoms with Gasteiger partial charge in [0.05, 0.1) is 6.10 Å². The number of hydrogen-bond acceptors (Lipinski definition) is 5. The molecule has 0 bridgehead atoms. The summed E-state index contributed by atoms with van der Waals surface area (Å²) in [6.45, 7) is 2.08. The highest BCUT2D eigenvalue weighted by molar-refractivity contribution is 5.84. The minimum absolute atomic E-state index is 0.0267. The van der Waals surface area contributed by atoms with Crippen LogP contribution in [0.1, 0.15) is 56.1 Å². The van der Waals surface area contributed by atoms with E-state index in [4.69, 9.17) is 9.84 Å². The van der Waals surface area contributed by atoms with Gasteiger partial charge in [0.25, 0.3) is 0 Å². The minimum Gasteiger partial charge on any atom is -0.480 e. The Balaban J connectivity index is 1.30. The zero-order chi connectivity index (χ0) is 24.5. The van der Waals surface area contributed by atoms with Gasteiger partial charge in [-0.3, -0.25) is 4.79 Å². The molecule has 0 fully saturated rings. The van der Waals surface area contributed by atoms with E-state index in [-0.39, 0.29) is 18.9 Å². The van der Waals surface area contributed by atoms with Gasteiger partial charge in [0, 0.05) is 18.9 Å². The molecule has 0 aromatic heterocycles. The van der Waals surface area contributed by atoms with Crippen molar-refractivity contribution >= 4 is 18.0 Å². The van der Waals surface area contributed by atoms with Crippen LogP contribution in [0.15, 0.2) is 48.5 Å². The first-order valence-corrected chi connectivity index (χ1v) is 11.7. The van der Waals surface area contributed by atoms with Crippen molar-refractivity contribution in [3.63, 3.8) is 0 Å². The van der Waals surface area contributed by atoms with Crippen LogP contribution in [0.5, 0.6) is 0 Å². The van der Waals surface area contributed by atoms with E-state index in [1.807, 2.05) is 24.3 Å². The van der Waals surface area contributed by atoms with Crippen LogP contribution in [-0.2, 0) is 14.3 Å². The van der Waals surface area contributed by atoms with Crippen LogP contribution in [0.2, 0.25) is 0 Å². The van der Waals surface area contributed by atoms with Crippen molar-refractivity contribution in [1.29, 1.82) is 0 Å². The van der Waals surface area contributed by atoms with Gasteiger partial charge in [0.1, 0.15) is 6.61 Å².